The molecule has 1 amide bonds. The second kappa shape index (κ2) is 9.82. The second-order valence-electron chi connectivity index (χ2n) is 13.7. The van der Waals surface area contributed by atoms with Crippen molar-refractivity contribution in [1.29, 1.82) is 0 Å². The lowest BCUT2D eigenvalue weighted by Crippen LogP contribution is -2.62. The van der Waals surface area contributed by atoms with Gasteiger partial charge in [-0.2, -0.15) is 0 Å². The molecule has 5 aliphatic carbocycles. The molecular formula is C29H49NO5S. The van der Waals surface area contributed by atoms with Crippen LogP contribution in [0.4, 0.5) is 0 Å². The third-order valence-corrected chi connectivity index (χ3v) is 13.9. The van der Waals surface area contributed by atoms with Gasteiger partial charge in [-0.25, -0.2) is 8.42 Å². The van der Waals surface area contributed by atoms with Crippen molar-refractivity contribution < 1.29 is 23.4 Å². The van der Waals surface area contributed by atoms with Gasteiger partial charge in [-0.3, -0.25) is 9.52 Å². The highest BCUT2D eigenvalue weighted by atomic mass is 32.2. The van der Waals surface area contributed by atoms with E-state index in [2.05, 4.69) is 25.5 Å². The Morgan fingerprint density at radius 2 is 1.61 bits per heavy atom. The van der Waals surface area contributed by atoms with Gasteiger partial charge in [0.1, 0.15) is 0 Å². The van der Waals surface area contributed by atoms with Gasteiger partial charge < -0.3 is 10.2 Å². The summed E-state index contributed by atoms with van der Waals surface area (Å²) in [7, 11) is -3.44. The normalized spacial score (nSPS) is 46.5. The Kier molecular flexibility index (Phi) is 7.35. The summed E-state index contributed by atoms with van der Waals surface area (Å²) in [6.07, 6.45) is 12.6. The molecule has 0 saturated heterocycles. The first-order chi connectivity index (χ1) is 17.0. The van der Waals surface area contributed by atoms with E-state index in [1.54, 1.807) is 0 Å². The van der Waals surface area contributed by atoms with Crippen LogP contribution in [0.2, 0.25) is 0 Å². The average molecular weight is 524 g/mol. The Balaban J connectivity index is 1.21. The van der Waals surface area contributed by atoms with Crippen LogP contribution in [-0.4, -0.2) is 42.0 Å². The largest absolute Gasteiger partial charge is 0.393 e. The van der Waals surface area contributed by atoms with E-state index in [9.17, 15) is 23.4 Å². The van der Waals surface area contributed by atoms with Gasteiger partial charge in [-0.15, -0.1) is 0 Å². The van der Waals surface area contributed by atoms with E-state index in [0.717, 1.165) is 44.9 Å². The summed E-state index contributed by atoms with van der Waals surface area (Å²) in [6, 6.07) is 0. The van der Waals surface area contributed by atoms with E-state index in [1.165, 1.54) is 25.7 Å². The van der Waals surface area contributed by atoms with Crippen molar-refractivity contribution in [3.05, 3.63) is 0 Å². The molecule has 206 valence electrons. The fourth-order valence-corrected chi connectivity index (χ4v) is 11.2. The summed E-state index contributed by atoms with van der Waals surface area (Å²) in [5.41, 5.74) is 0.479. The maximum atomic E-state index is 12.2. The van der Waals surface area contributed by atoms with Crippen molar-refractivity contribution in [2.75, 3.05) is 0 Å². The molecule has 0 spiro atoms. The number of fused-ring (bicyclic) bond motifs is 5. The standard InChI is InChI=1S/C29H49NO5S/c1-4-21-24-17-19(31)13-15-29(24,3)23-14-16-28(2)18(9-12-22(28)26(23)27(21)33)7-5-6-8-25(32)30-36(34,35)20-10-11-20/h18-24,26-27,31,33H,4-17H2,1-3H3,(H,30,32)/t18-,19+,21+,22-,23-,24-,26-,27+,28+,29+/m0/s1. The van der Waals surface area contributed by atoms with Crippen molar-refractivity contribution in [3.8, 4) is 0 Å². The summed E-state index contributed by atoms with van der Waals surface area (Å²) < 4.78 is 26.3. The third kappa shape index (κ3) is 4.57. The van der Waals surface area contributed by atoms with Gasteiger partial charge in [0.05, 0.1) is 17.5 Å². The highest BCUT2D eigenvalue weighted by Crippen LogP contribution is 2.69. The minimum absolute atomic E-state index is 0.207. The number of sulfonamides is 1. The van der Waals surface area contributed by atoms with Crippen molar-refractivity contribution in [3.63, 3.8) is 0 Å². The van der Waals surface area contributed by atoms with E-state index < -0.39 is 10.0 Å². The maximum Gasteiger partial charge on any atom is 0.237 e. The Hall–Kier alpha value is -0.660. The molecule has 0 unspecified atom stereocenters. The zero-order valence-electron chi connectivity index (χ0n) is 22.6. The Bertz CT molecular complexity index is 934. The van der Waals surface area contributed by atoms with Crippen LogP contribution in [0.15, 0.2) is 0 Å². The van der Waals surface area contributed by atoms with Crippen molar-refractivity contribution in [2.45, 2.75) is 128 Å². The Labute approximate surface area is 218 Å². The third-order valence-electron chi connectivity index (χ3n) is 12.0. The van der Waals surface area contributed by atoms with Crippen LogP contribution in [0.25, 0.3) is 0 Å². The number of unbranched alkanes of at least 4 members (excludes halogenated alkanes) is 1. The van der Waals surface area contributed by atoms with Gasteiger partial charge in [0.2, 0.25) is 15.9 Å². The Morgan fingerprint density at radius 1 is 0.917 bits per heavy atom. The Morgan fingerprint density at radius 3 is 2.31 bits per heavy atom. The van der Waals surface area contributed by atoms with Crippen molar-refractivity contribution in [1.82, 2.24) is 4.72 Å². The lowest BCUT2D eigenvalue weighted by molar-refractivity contribution is -0.202. The van der Waals surface area contributed by atoms with Crippen molar-refractivity contribution in [2.24, 2.45) is 46.3 Å². The fraction of sp³-hybridized carbons (Fsp3) is 0.966. The first kappa shape index (κ1) is 26.9. The molecule has 0 aliphatic heterocycles. The predicted octanol–water partition coefficient (Wildman–Crippen LogP) is 4.78. The molecule has 5 saturated carbocycles. The topological polar surface area (TPSA) is 104 Å². The van der Waals surface area contributed by atoms with E-state index in [-0.39, 0.29) is 46.5 Å². The summed E-state index contributed by atoms with van der Waals surface area (Å²) in [5.74, 6) is 2.47. The molecule has 5 fully saturated rings. The highest BCUT2D eigenvalue weighted by molar-refractivity contribution is 7.90. The first-order valence-corrected chi connectivity index (χ1v) is 16.5. The minimum Gasteiger partial charge on any atom is -0.393 e. The molecule has 36 heavy (non-hydrogen) atoms. The predicted molar refractivity (Wildman–Crippen MR) is 140 cm³/mol. The molecule has 0 aromatic carbocycles. The summed E-state index contributed by atoms with van der Waals surface area (Å²) in [5, 5.41) is 21.9. The molecule has 0 bridgehead atoms. The van der Waals surface area contributed by atoms with Crippen LogP contribution in [-0.2, 0) is 14.8 Å². The van der Waals surface area contributed by atoms with Gasteiger partial charge in [-0.1, -0.05) is 33.6 Å². The first-order valence-electron chi connectivity index (χ1n) is 14.9. The fourth-order valence-electron chi connectivity index (χ4n) is 9.89. The number of hydrogen-bond acceptors (Lipinski definition) is 5. The molecule has 5 rings (SSSR count). The summed E-state index contributed by atoms with van der Waals surface area (Å²) in [4.78, 5) is 12.2. The van der Waals surface area contributed by atoms with Gasteiger partial charge in [0, 0.05) is 6.42 Å². The number of aliphatic hydroxyl groups is 2. The molecule has 10 atom stereocenters. The van der Waals surface area contributed by atoms with Gasteiger partial charge in [0.25, 0.3) is 0 Å². The second-order valence-corrected chi connectivity index (χ2v) is 15.7. The van der Waals surface area contributed by atoms with Crippen LogP contribution in [0.3, 0.4) is 0 Å². The zero-order valence-corrected chi connectivity index (χ0v) is 23.4. The molecule has 6 nitrogen and oxygen atoms in total. The van der Waals surface area contributed by atoms with Gasteiger partial charge in [0.15, 0.2) is 0 Å². The quantitative estimate of drug-likeness (QED) is 0.397. The number of rotatable bonds is 8. The SMILES string of the molecule is CC[C@H]1[C@@H](O)[C@@H]2[C@H](CC[C@]3(C)[C@@H](CCCCC(=O)NS(=O)(=O)C4CC4)CC[C@@H]23)[C@@]2(C)CC[C@@H](O)C[C@@H]12. The zero-order chi connectivity index (χ0) is 25.9. The lowest BCUT2D eigenvalue weighted by atomic mass is 9.41. The van der Waals surface area contributed by atoms with Crippen LogP contribution >= 0.6 is 0 Å². The van der Waals surface area contributed by atoms with Gasteiger partial charge in [-0.05, 0) is 117 Å². The van der Waals surface area contributed by atoms with Gasteiger partial charge >= 0.3 is 0 Å². The van der Waals surface area contributed by atoms with E-state index in [0.29, 0.717) is 42.4 Å². The molecule has 7 heteroatoms. The molecule has 0 aromatic heterocycles. The lowest BCUT2D eigenvalue weighted by Gasteiger charge is -2.64. The van der Waals surface area contributed by atoms with Crippen molar-refractivity contribution >= 4 is 15.9 Å². The smallest absolute Gasteiger partial charge is 0.237 e. The summed E-state index contributed by atoms with van der Waals surface area (Å²) in [6.45, 7) is 7.19. The molecule has 0 aromatic rings. The minimum atomic E-state index is -3.44. The monoisotopic (exact) mass is 523 g/mol. The number of carbonyl (C=O) groups excluding carboxylic acids is 1. The molecule has 3 N–H and O–H groups in total. The summed E-state index contributed by atoms with van der Waals surface area (Å²) >= 11 is 0. The average Bonchev–Trinajstić information content (AvgIpc) is 3.62. The highest BCUT2D eigenvalue weighted by Gasteiger charge is 2.64. The maximum absolute atomic E-state index is 12.2. The van der Waals surface area contributed by atoms with Crippen LogP contribution in [0.1, 0.15) is 111 Å². The number of carbonyl (C=O) groups is 1. The van der Waals surface area contributed by atoms with E-state index in [4.69, 9.17) is 0 Å². The molecular weight excluding hydrogens is 474 g/mol. The van der Waals surface area contributed by atoms with Crippen LogP contribution in [0.5, 0.6) is 0 Å². The van der Waals surface area contributed by atoms with Crippen LogP contribution < -0.4 is 4.72 Å². The number of hydrogen-bond donors (Lipinski definition) is 3. The van der Waals surface area contributed by atoms with Crippen LogP contribution in [0, 0.1) is 46.3 Å². The number of aliphatic hydroxyl groups excluding tert-OH is 2. The van der Waals surface area contributed by atoms with E-state index >= 15 is 0 Å². The molecule has 5 aliphatic rings. The molecule has 0 heterocycles. The number of nitrogens with one attached hydrogen (secondary N) is 1. The molecule has 0 radical (unpaired) electrons. The van der Waals surface area contributed by atoms with E-state index in [1.807, 2.05) is 0 Å². The number of amides is 1.